The first kappa shape index (κ1) is 18.3. The fourth-order valence-electron chi connectivity index (χ4n) is 2.06. The lowest BCUT2D eigenvalue weighted by molar-refractivity contribution is -0.394. The van der Waals surface area contributed by atoms with Crippen molar-refractivity contribution in [3.8, 4) is 5.75 Å². The number of nitrogens with zero attached hydrogens (tertiary/aromatic N) is 4. The van der Waals surface area contributed by atoms with Crippen LogP contribution in [0.3, 0.4) is 0 Å². The fourth-order valence-corrected chi connectivity index (χ4v) is 2.22. The smallest absolute Gasteiger partial charge is 0.281 e. The number of nitro benzene ring substituents is 2. The molecule has 1 unspecified atom stereocenters. The average Bonchev–Trinajstić information content (AvgIpc) is 2.60. The summed E-state index contributed by atoms with van der Waals surface area (Å²) in [5, 5.41) is 30.3. The van der Waals surface area contributed by atoms with Crippen molar-refractivity contribution >= 4 is 28.7 Å². The molecule has 0 saturated heterocycles. The van der Waals surface area contributed by atoms with Crippen LogP contribution < -0.4 is 4.74 Å². The van der Waals surface area contributed by atoms with Gasteiger partial charge in [-0.1, -0.05) is 11.6 Å². The molecule has 0 N–H and O–H groups in total. The summed E-state index contributed by atoms with van der Waals surface area (Å²) in [5.41, 5.74) is -0.205. The summed E-state index contributed by atoms with van der Waals surface area (Å²) in [5.74, 6) is 0.535. The van der Waals surface area contributed by atoms with Gasteiger partial charge in [-0.25, -0.2) is 0 Å². The van der Waals surface area contributed by atoms with Crippen molar-refractivity contribution in [2.75, 3.05) is 7.11 Å². The van der Waals surface area contributed by atoms with Gasteiger partial charge in [-0.3, -0.25) is 20.2 Å². The summed E-state index contributed by atoms with van der Waals surface area (Å²) in [6.07, 6.45) is 0. The lowest BCUT2D eigenvalue weighted by atomic mass is 10.1. The van der Waals surface area contributed by atoms with Crippen LogP contribution in [-0.2, 0) is 0 Å². The Morgan fingerprint density at radius 1 is 1.12 bits per heavy atom. The molecule has 130 valence electrons. The first-order valence-corrected chi connectivity index (χ1v) is 7.38. The minimum Gasteiger partial charge on any atom is -0.497 e. The fraction of sp³-hybridized carbons (Fsp3) is 0.200. The molecule has 0 radical (unpaired) electrons. The van der Waals surface area contributed by atoms with Gasteiger partial charge < -0.3 is 4.74 Å². The van der Waals surface area contributed by atoms with Crippen molar-refractivity contribution in [3.05, 3.63) is 67.2 Å². The van der Waals surface area contributed by atoms with Gasteiger partial charge in [0.2, 0.25) is 0 Å². The Balaban J connectivity index is 2.36. The SMILES string of the molecule is COc1ccc(Cl)c(N=NC(C)c2ccc([N+](=O)[O-])cc2[N+](=O)[O-])c1. The maximum absolute atomic E-state index is 11.2. The zero-order valence-electron chi connectivity index (χ0n) is 13.2. The molecule has 9 nitrogen and oxygen atoms in total. The predicted octanol–water partition coefficient (Wildman–Crippen LogP) is 5.01. The van der Waals surface area contributed by atoms with Gasteiger partial charge in [0.1, 0.15) is 17.5 Å². The molecule has 2 aromatic rings. The molecule has 0 fully saturated rings. The first-order valence-electron chi connectivity index (χ1n) is 7.00. The van der Waals surface area contributed by atoms with Crippen LogP contribution in [0.1, 0.15) is 18.5 Å². The molecule has 1 atom stereocenters. The maximum atomic E-state index is 11.2. The normalized spacial score (nSPS) is 12.1. The zero-order valence-corrected chi connectivity index (χ0v) is 14.0. The molecule has 0 bridgehead atoms. The van der Waals surface area contributed by atoms with E-state index < -0.39 is 21.6 Å². The molecule has 0 aliphatic rings. The van der Waals surface area contributed by atoms with Crippen molar-refractivity contribution in [1.29, 1.82) is 0 Å². The van der Waals surface area contributed by atoms with E-state index >= 15 is 0 Å². The zero-order chi connectivity index (χ0) is 18.6. The van der Waals surface area contributed by atoms with E-state index in [1.807, 2.05) is 0 Å². The highest BCUT2D eigenvalue weighted by molar-refractivity contribution is 6.33. The summed E-state index contributed by atoms with van der Waals surface area (Å²) in [4.78, 5) is 20.6. The Hall–Kier alpha value is -3.07. The van der Waals surface area contributed by atoms with E-state index in [9.17, 15) is 20.2 Å². The Bertz CT molecular complexity index is 856. The van der Waals surface area contributed by atoms with E-state index in [0.717, 1.165) is 6.07 Å². The van der Waals surface area contributed by atoms with Gasteiger partial charge in [-0.05, 0) is 25.1 Å². The van der Waals surface area contributed by atoms with Gasteiger partial charge in [-0.2, -0.15) is 10.2 Å². The van der Waals surface area contributed by atoms with Crippen LogP contribution in [-0.4, -0.2) is 17.0 Å². The number of hydrogen-bond acceptors (Lipinski definition) is 7. The van der Waals surface area contributed by atoms with Crippen LogP contribution in [0, 0.1) is 20.2 Å². The van der Waals surface area contributed by atoms with Crippen LogP contribution >= 0.6 is 11.6 Å². The Kier molecular flexibility index (Phi) is 5.60. The third-order valence-corrected chi connectivity index (χ3v) is 3.68. The number of hydrogen-bond donors (Lipinski definition) is 0. The second-order valence-corrected chi connectivity index (χ2v) is 5.37. The summed E-state index contributed by atoms with van der Waals surface area (Å²) in [6, 6.07) is 7.51. The second kappa shape index (κ2) is 7.67. The van der Waals surface area contributed by atoms with E-state index in [4.69, 9.17) is 16.3 Å². The number of methoxy groups -OCH3 is 1. The molecule has 2 rings (SSSR count). The number of benzene rings is 2. The lowest BCUT2D eigenvalue weighted by Gasteiger charge is -2.07. The number of nitro groups is 2. The predicted molar refractivity (Wildman–Crippen MR) is 90.7 cm³/mol. The van der Waals surface area contributed by atoms with Crippen LogP contribution in [0.4, 0.5) is 17.1 Å². The molecule has 25 heavy (non-hydrogen) atoms. The van der Waals surface area contributed by atoms with Crippen LogP contribution in [0.15, 0.2) is 46.6 Å². The summed E-state index contributed by atoms with van der Waals surface area (Å²) < 4.78 is 5.07. The summed E-state index contributed by atoms with van der Waals surface area (Å²) in [7, 11) is 1.49. The molecule has 0 spiro atoms. The standard InChI is InChI=1S/C15H13ClN4O5/c1-9(17-18-14-8-11(25-2)4-6-13(14)16)12-5-3-10(19(21)22)7-15(12)20(23)24/h3-9H,1-2H3. The van der Waals surface area contributed by atoms with E-state index in [1.54, 1.807) is 25.1 Å². The van der Waals surface area contributed by atoms with Crippen molar-refractivity contribution < 1.29 is 14.6 Å². The largest absolute Gasteiger partial charge is 0.497 e. The molecule has 0 saturated carbocycles. The molecule has 0 aliphatic carbocycles. The summed E-state index contributed by atoms with van der Waals surface area (Å²) >= 11 is 6.03. The highest BCUT2D eigenvalue weighted by Crippen LogP contribution is 2.34. The van der Waals surface area contributed by atoms with Crippen molar-refractivity contribution in [1.82, 2.24) is 0 Å². The molecule has 0 amide bonds. The molecule has 10 heteroatoms. The van der Waals surface area contributed by atoms with Crippen LogP contribution in [0.2, 0.25) is 5.02 Å². The van der Waals surface area contributed by atoms with Crippen molar-refractivity contribution in [2.24, 2.45) is 10.2 Å². The van der Waals surface area contributed by atoms with E-state index in [-0.39, 0.29) is 11.3 Å². The highest BCUT2D eigenvalue weighted by atomic mass is 35.5. The second-order valence-electron chi connectivity index (χ2n) is 4.97. The van der Waals surface area contributed by atoms with Gasteiger partial charge in [-0.15, -0.1) is 0 Å². The molecule has 2 aromatic carbocycles. The van der Waals surface area contributed by atoms with Crippen molar-refractivity contribution in [3.63, 3.8) is 0 Å². The van der Waals surface area contributed by atoms with Gasteiger partial charge >= 0.3 is 0 Å². The third kappa shape index (κ3) is 4.27. The van der Waals surface area contributed by atoms with E-state index in [0.29, 0.717) is 16.5 Å². The monoisotopic (exact) mass is 364 g/mol. The molecule has 0 aliphatic heterocycles. The van der Waals surface area contributed by atoms with Gasteiger partial charge in [0.15, 0.2) is 0 Å². The lowest BCUT2D eigenvalue weighted by Crippen LogP contribution is -1.99. The van der Waals surface area contributed by atoms with Gasteiger partial charge in [0, 0.05) is 12.1 Å². The van der Waals surface area contributed by atoms with E-state index in [2.05, 4.69) is 10.2 Å². The topological polar surface area (TPSA) is 120 Å². The van der Waals surface area contributed by atoms with E-state index in [1.165, 1.54) is 19.2 Å². The number of rotatable bonds is 6. The highest BCUT2D eigenvalue weighted by Gasteiger charge is 2.23. The average molecular weight is 365 g/mol. The number of halogens is 1. The minimum absolute atomic E-state index is 0.207. The van der Waals surface area contributed by atoms with Crippen LogP contribution in [0.25, 0.3) is 0 Å². The molecule has 0 heterocycles. The Labute approximate surface area is 147 Å². The maximum Gasteiger partial charge on any atom is 0.281 e. The Morgan fingerprint density at radius 2 is 1.84 bits per heavy atom. The number of azo groups is 1. The quantitative estimate of drug-likeness (QED) is 0.405. The first-order chi connectivity index (χ1) is 11.8. The molecular formula is C15H13ClN4O5. The molecular weight excluding hydrogens is 352 g/mol. The van der Waals surface area contributed by atoms with Crippen LogP contribution in [0.5, 0.6) is 5.75 Å². The van der Waals surface area contributed by atoms with Gasteiger partial charge in [0.05, 0.1) is 33.6 Å². The Morgan fingerprint density at radius 3 is 2.44 bits per heavy atom. The third-order valence-electron chi connectivity index (χ3n) is 3.36. The summed E-state index contributed by atoms with van der Waals surface area (Å²) in [6.45, 7) is 1.59. The number of non-ortho nitro benzene ring substituents is 1. The minimum atomic E-state index is -0.705. The van der Waals surface area contributed by atoms with Gasteiger partial charge in [0.25, 0.3) is 11.4 Å². The molecule has 0 aromatic heterocycles. The van der Waals surface area contributed by atoms with Crippen molar-refractivity contribution in [2.45, 2.75) is 13.0 Å². The number of ether oxygens (including phenoxy) is 1.